The van der Waals surface area contributed by atoms with E-state index in [9.17, 15) is 5.11 Å². The predicted octanol–water partition coefficient (Wildman–Crippen LogP) is 2.23. The van der Waals surface area contributed by atoms with E-state index in [0.717, 1.165) is 12.8 Å². The van der Waals surface area contributed by atoms with Crippen LogP contribution in [0.15, 0.2) is 0 Å². The third-order valence-electron chi connectivity index (χ3n) is 2.99. The highest BCUT2D eigenvalue weighted by atomic mass is 16.5. The molecule has 2 atom stereocenters. The molecule has 0 rings (SSSR count). The van der Waals surface area contributed by atoms with Gasteiger partial charge in [0, 0.05) is 13.7 Å². The second-order valence-electron chi connectivity index (χ2n) is 4.74. The first kappa shape index (κ1) is 14.9. The van der Waals surface area contributed by atoms with Gasteiger partial charge in [-0.3, -0.25) is 0 Å². The van der Waals surface area contributed by atoms with Crippen LogP contribution in [-0.2, 0) is 9.47 Å². The van der Waals surface area contributed by atoms with Gasteiger partial charge in [0.05, 0.1) is 18.3 Å². The minimum Gasteiger partial charge on any atom is -0.390 e. The fourth-order valence-electron chi connectivity index (χ4n) is 1.06. The molecule has 0 aromatic rings. The monoisotopic (exact) mass is 218 g/mol. The molecule has 0 aromatic heterocycles. The van der Waals surface area contributed by atoms with Gasteiger partial charge in [-0.1, -0.05) is 20.3 Å². The van der Waals surface area contributed by atoms with Crippen LogP contribution in [0.1, 0.15) is 40.5 Å². The van der Waals surface area contributed by atoms with Crippen molar-refractivity contribution in [1.29, 1.82) is 0 Å². The largest absolute Gasteiger partial charge is 0.390 e. The van der Waals surface area contributed by atoms with Crippen LogP contribution in [0.3, 0.4) is 0 Å². The van der Waals surface area contributed by atoms with E-state index in [2.05, 4.69) is 6.92 Å². The number of methoxy groups -OCH3 is 1. The van der Waals surface area contributed by atoms with Crippen molar-refractivity contribution < 1.29 is 14.6 Å². The summed E-state index contributed by atoms with van der Waals surface area (Å²) in [7, 11) is 1.70. The zero-order valence-corrected chi connectivity index (χ0v) is 10.7. The molecule has 0 aliphatic carbocycles. The average molecular weight is 218 g/mol. The van der Waals surface area contributed by atoms with Gasteiger partial charge in [-0.2, -0.15) is 0 Å². The molecule has 15 heavy (non-hydrogen) atoms. The molecule has 0 fully saturated rings. The maximum atomic E-state index is 9.65. The van der Waals surface area contributed by atoms with Gasteiger partial charge in [-0.05, 0) is 26.2 Å². The Bertz CT molecular complexity index is 157. The fourth-order valence-corrected chi connectivity index (χ4v) is 1.06. The van der Waals surface area contributed by atoms with Crippen molar-refractivity contribution in [3.05, 3.63) is 0 Å². The van der Waals surface area contributed by atoms with Gasteiger partial charge in [0.15, 0.2) is 0 Å². The zero-order valence-electron chi connectivity index (χ0n) is 10.7. The van der Waals surface area contributed by atoms with Crippen molar-refractivity contribution in [2.45, 2.75) is 52.2 Å². The third kappa shape index (κ3) is 6.88. The lowest BCUT2D eigenvalue weighted by Crippen LogP contribution is -2.27. The van der Waals surface area contributed by atoms with E-state index in [1.165, 1.54) is 0 Å². The second-order valence-corrected chi connectivity index (χ2v) is 4.74. The van der Waals surface area contributed by atoms with Gasteiger partial charge in [0.2, 0.25) is 0 Å². The molecule has 1 N–H and O–H groups in total. The Labute approximate surface area is 93.8 Å². The minimum absolute atomic E-state index is 0.138. The number of rotatable bonds is 8. The van der Waals surface area contributed by atoms with Crippen LogP contribution in [-0.4, -0.2) is 37.1 Å². The van der Waals surface area contributed by atoms with Crippen LogP contribution >= 0.6 is 0 Å². The summed E-state index contributed by atoms with van der Waals surface area (Å²) in [6.45, 7) is 9.22. The van der Waals surface area contributed by atoms with E-state index in [1.54, 1.807) is 7.11 Å². The highest BCUT2D eigenvalue weighted by Crippen LogP contribution is 2.13. The third-order valence-corrected chi connectivity index (χ3v) is 2.99. The van der Waals surface area contributed by atoms with E-state index in [0.29, 0.717) is 19.1 Å². The zero-order chi connectivity index (χ0) is 11.9. The van der Waals surface area contributed by atoms with Crippen LogP contribution in [0, 0.1) is 5.92 Å². The molecule has 0 saturated heterocycles. The maximum Gasteiger partial charge on any atom is 0.0799 e. The Morgan fingerprint density at radius 1 is 1.33 bits per heavy atom. The Morgan fingerprint density at radius 2 is 1.93 bits per heavy atom. The Hall–Kier alpha value is -0.120. The molecule has 0 amide bonds. The van der Waals surface area contributed by atoms with Crippen molar-refractivity contribution in [1.82, 2.24) is 0 Å². The summed E-state index contributed by atoms with van der Waals surface area (Å²) in [6, 6.07) is 0. The number of ether oxygens (including phenoxy) is 2. The molecule has 0 aliphatic heterocycles. The predicted molar refractivity (Wildman–Crippen MR) is 62.0 cm³/mol. The van der Waals surface area contributed by atoms with Crippen LogP contribution in [0.5, 0.6) is 0 Å². The summed E-state index contributed by atoms with van der Waals surface area (Å²) >= 11 is 0. The summed E-state index contributed by atoms with van der Waals surface area (Å²) in [5, 5.41) is 9.65. The molecule has 3 heteroatoms. The number of aliphatic hydroxyl groups excluding tert-OH is 1. The summed E-state index contributed by atoms with van der Waals surface area (Å²) in [6.07, 6.45) is 1.48. The van der Waals surface area contributed by atoms with E-state index >= 15 is 0 Å². The highest BCUT2D eigenvalue weighted by molar-refractivity contribution is 4.67. The van der Waals surface area contributed by atoms with E-state index in [1.807, 2.05) is 20.8 Å². The maximum absolute atomic E-state index is 9.65. The van der Waals surface area contributed by atoms with E-state index in [4.69, 9.17) is 9.47 Å². The first-order valence-corrected chi connectivity index (χ1v) is 5.74. The standard InChI is InChI=1S/C12H26O3/c1-6-10(2)11(13)9-15-8-7-12(3,4)14-5/h10-11,13H,6-9H2,1-5H3. The molecule has 92 valence electrons. The van der Waals surface area contributed by atoms with Gasteiger partial charge in [0.1, 0.15) is 0 Å². The van der Waals surface area contributed by atoms with Crippen molar-refractivity contribution in [2.75, 3.05) is 20.3 Å². The van der Waals surface area contributed by atoms with Crippen molar-refractivity contribution in [3.8, 4) is 0 Å². The van der Waals surface area contributed by atoms with Gasteiger partial charge in [-0.15, -0.1) is 0 Å². The average Bonchev–Trinajstić information content (AvgIpc) is 2.22. The Kier molecular flexibility index (Phi) is 7.14. The smallest absolute Gasteiger partial charge is 0.0799 e. The van der Waals surface area contributed by atoms with Gasteiger partial charge >= 0.3 is 0 Å². The van der Waals surface area contributed by atoms with Crippen LogP contribution in [0.2, 0.25) is 0 Å². The fraction of sp³-hybridized carbons (Fsp3) is 1.00. The second kappa shape index (κ2) is 7.20. The minimum atomic E-state index is -0.347. The number of aliphatic hydroxyl groups is 1. The molecule has 2 unspecified atom stereocenters. The lowest BCUT2D eigenvalue weighted by atomic mass is 10.0. The summed E-state index contributed by atoms with van der Waals surface area (Å²) < 4.78 is 10.7. The number of hydrogen-bond acceptors (Lipinski definition) is 3. The molecule has 3 nitrogen and oxygen atoms in total. The van der Waals surface area contributed by atoms with Crippen LogP contribution in [0.25, 0.3) is 0 Å². The first-order chi connectivity index (χ1) is 6.93. The highest BCUT2D eigenvalue weighted by Gasteiger charge is 2.17. The van der Waals surface area contributed by atoms with E-state index in [-0.39, 0.29) is 11.7 Å². The SMILES string of the molecule is CCC(C)C(O)COCCC(C)(C)OC. The van der Waals surface area contributed by atoms with Gasteiger partial charge < -0.3 is 14.6 Å². The Balaban J connectivity index is 3.54. The van der Waals surface area contributed by atoms with Gasteiger partial charge in [0.25, 0.3) is 0 Å². The Morgan fingerprint density at radius 3 is 2.40 bits per heavy atom. The molecule has 0 spiro atoms. The lowest BCUT2D eigenvalue weighted by Gasteiger charge is -2.23. The molecule has 0 aliphatic rings. The summed E-state index contributed by atoms with van der Waals surface area (Å²) in [5.74, 6) is 0.306. The lowest BCUT2D eigenvalue weighted by molar-refractivity contribution is -0.0331. The van der Waals surface area contributed by atoms with Crippen LogP contribution in [0.4, 0.5) is 0 Å². The molecular formula is C12H26O3. The van der Waals surface area contributed by atoms with E-state index < -0.39 is 0 Å². The first-order valence-electron chi connectivity index (χ1n) is 5.74. The van der Waals surface area contributed by atoms with Crippen molar-refractivity contribution >= 4 is 0 Å². The molecule has 0 heterocycles. The molecule has 0 aromatic carbocycles. The molecule has 0 radical (unpaired) electrons. The topological polar surface area (TPSA) is 38.7 Å². The normalized spacial score (nSPS) is 16.4. The van der Waals surface area contributed by atoms with Crippen LogP contribution < -0.4 is 0 Å². The summed E-state index contributed by atoms with van der Waals surface area (Å²) in [5.41, 5.74) is -0.138. The van der Waals surface area contributed by atoms with Crippen molar-refractivity contribution in [2.24, 2.45) is 5.92 Å². The van der Waals surface area contributed by atoms with Crippen molar-refractivity contribution in [3.63, 3.8) is 0 Å². The number of hydrogen-bond donors (Lipinski definition) is 1. The molecule has 0 saturated carbocycles. The quantitative estimate of drug-likeness (QED) is 0.635. The summed E-state index contributed by atoms with van der Waals surface area (Å²) in [4.78, 5) is 0. The molecular weight excluding hydrogens is 192 g/mol. The molecule has 0 bridgehead atoms. The van der Waals surface area contributed by atoms with Gasteiger partial charge in [-0.25, -0.2) is 0 Å².